The molecule has 102 valence electrons. The zero-order valence-corrected chi connectivity index (χ0v) is 11.8. The SMILES string of the molecule is COc1cc(F)c(NCc2scnc2C)cc1OC. The molecule has 0 saturated carbocycles. The van der Waals surface area contributed by atoms with Crippen LogP contribution >= 0.6 is 11.3 Å². The smallest absolute Gasteiger partial charge is 0.163 e. The Balaban J connectivity index is 2.18. The summed E-state index contributed by atoms with van der Waals surface area (Å²) in [6.45, 7) is 2.46. The summed E-state index contributed by atoms with van der Waals surface area (Å²) in [6.07, 6.45) is 0. The Morgan fingerprint density at radius 2 is 1.95 bits per heavy atom. The first kappa shape index (κ1) is 13.6. The van der Waals surface area contributed by atoms with Crippen LogP contribution < -0.4 is 14.8 Å². The fourth-order valence-electron chi connectivity index (χ4n) is 1.66. The summed E-state index contributed by atoms with van der Waals surface area (Å²) in [4.78, 5) is 5.23. The third kappa shape index (κ3) is 2.96. The van der Waals surface area contributed by atoms with Gasteiger partial charge in [0, 0.05) is 17.0 Å². The number of halogens is 1. The molecule has 0 aliphatic rings. The van der Waals surface area contributed by atoms with Crippen LogP contribution in [0.15, 0.2) is 17.6 Å². The van der Waals surface area contributed by atoms with E-state index in [4.69, 9.17) is 9.47 Å². The molecule has 19 heavy (non-hydrogen) atoms. The Labute approximate surface area is 115 Å². The first-order chi connectivity index (χ1) is 9.15. The van der Waals surface area contributed by atoms with Gasteiger partial charge in [0.15, 0.2) is 11.5 Å². The van der Waals surface area contributed by atoms with Gasteiger partial charge in [-0.3, -0.25) is 0 Å². The van der Waals surface area contributed by atoms with E-state index in [9.17, 15) is 4.39 Å². The average molecular weight is 282 g/mol. The van der Waals surface area contributed by atoms with E-state index in [-0.39, 0.29) is 5.82 Å². The third-order valence-corrected chi connectivity index (χ3v) is 3.69. The largest absolute Gasteiger partial charge is 0.493 e. The standard InChI is InChI=1S/C13H15FN2O2S/c1-8-13(19-7-16-8)6-15-10-5-12(18-3)11(17-2)4-9(10)14/h4-5,7,15H,6H2,1-3H3. The van der Waals surface area contributed by atoms with Gasteiger partial charge in [-0.2, -0.15) is 0 Å². The summed E-state index contributed by atoms with van der Waals surface area (Å²) >= 11 is 1.54. The highest BCUT2D eigenvalue weighted by Gasteiger charge is 2.11. The lowest BCUT2D eigenvalue weighted by Crippen LogP contribution is -2.02. The zero-order valence-electron chi connectivity index (χ0n) is 11.0. The number of hydrogen-bond donors (Lipinski definition) is 1. The monoisotopic (exact) mass is 282 g/mol. The molecule has 6 heteroatoms. The van der Waals surface area contributed by atoms with E-state index in [1.807, 2.05) is 6.92 Å². The van der Waals surface area contributed by atoms with Crippen LogP contribution in [0.2, 0.25) is 0 Å². The van der Waals surface area contributed by atoms with Crippen molar-refractivity contribution in [3.05, 3.63) is 34.0 Å². The highest BCUT2D eigenvalue weighted by molar-refractivity contribution is 7.09. The molecule has 0 bridgehead atoms. The quantitative estimate of drug-likeness (QED) is 0.914. The molecular weight excluding hydrogens is 267 g/mol. The van der Waals surface area contributed by atoms with Crippen molar-refractivity contribution in [1.29, 1.82) is 0 Å². The second kappa shape index (κ2) is 5.88. The van der Waals surface area contributed by atoms with Crippen molar-refractivity contribution >= 4 is 17.0 Å². The molecule has 1 aromatic carbocycles. The van der Waals surface area contributed by atoms with E-state index in [2.05, 4.69) is 10.3 Å². The molecule has 0 aliphatic carbocycles. The number of benzene rings is 1. The van der Waals surface area contributed by atoms with Gasteiger partial charge >= 0.3 is 0 Å². The third-order valence-electron chi connectivity index (χ3n) is 2.76. The number of aromatic nitrogens is 1. The lowest BCUT2D eigenvalue weighted by Gasteiger charge is -2.12. The number of nitrogens with zero attached hydrogens (tertiary/aromatic N) is 1. The Kier molecular flexibility index (Phi) is 4.21. The lowest BCUT2D eigenvalue weighted by molar-refractivity contribution is 0.352. The van der Waals surface area contributed by atoms with Gasteiger partial charge in [-0.05, 0) is 6.92 Å². The first-order valence-electron chi connectivity index (χ1n) is 5.70. The van der Waals surface area contributed by atoms with Crippen molar-refractivity contribution < 1.29 is 13.9 Å². The minimum atomic E-state index is -0.375. The van der Waals surface area contributed by atoms with Crippen molar-refractivity contribution in [2.75, 3.05) is 19.5 Å². The number of anilines is 1. The Bertz CT molecular complexity index is 572. The first-order valence-corrected chi connectivity index (χ1v) is 6.58. The molecule has 2 aromatic rings. The number of hydrogen-bond acceptors (Lipinski definition) is 5. The van der Waals surface area contributed by atoms with Crippen LogP contribution in [-0.2, 0) is 6.54 Å². The van der Waals surface area contributed by atoms with Crippen LogP contribution in [0, 0.1) is 12.7 Å². The summed E-state index contributed by atoms with van der Waals surface area (Å²) in [5, 5.41) is 3.04. The van der Waals surface area contributed by atoms with Gasteiger partial charge in [-0.15, -0.1) is 11.3 Å². The topological polar surface area (TPSA) is 43.4 Å². The second-order valence-corrected chi connectivity index (χ2v) is 4.84. The molecule has 2 rings (SSSR count). The number of ether oxygens (including phenoxy) is 2. The predicted octanol–water partition coefficient (Wildman–Crippen LogP) is 3.22. The zero-order chi connectivity index (χ0) is 13.8. The molecule has 0 unspecified atom stereocenters. The molecule has 4 nitrogen and oxygen atoms in total. The van der Waals surface area contributed by atoms with Gasteiger partial charge < -0.3 is 14.8 Å². The number of nitrogens with one attached hydrogen (secondary N) is 1. The van der Waals surface area contributed by atoms with E-state index < -0.39 is 0 Å². The van der Waals surface area contributed by atoms with Crippen molar-refractivity contribution in [2.24, 2.45) is 0 Å². The average Bonchev–Trinajstić information content (AvgIpc) is 2.82. The van der Waals surface area contributed by atoms with Crippen LogP contribution in [0.25, 0.3) is 0 Å². The van der Waals surface area contributed by atoms with Crippen molar-refractivity contribution in [2.45, 2.75) is 13.5 Å². The minimum Gasteiger partial charge on any atom is -0.493 e. The fraction of sp³-hybridized carbons (Fsp3) is 0.308. The van der Waals surface area contributed by atoms with E-state index in [1.165, 1.54) is 20.3 Å². The van der Waals surface area contributed by atoms with Crippen molar-refractivity contribution in [3.8, 4) is 11.5 Å². The maximum Gasteiger partial charge on any atom is 0.163 e. The highest BCUT2D eigenvalue weighted by atomic mass is 32.1. The van der Waals surface area contributed by atoms with E-state index in [1.54, 1.807) is 22.9 Å². The molecule has 1 heterocycles. The highest BCUT2D eigenvalue weighted by Crippen LogP contribution is 2.32. The summed E-state index contributed by atoms with van der Waals surface area (Å²) in [6, 6.07) is 2.89. The second-order valence-electron chi connectivity index (χ2n) is 3.90. The number of rotatable bonds is 5. The Morgan fingerprint density at radius 3 is 2.53 bits per heavy atom. The van der Waals surface area contributed by atoms with E-state index in [0.29, 0.717) is 23.7 Å². The Hall–Kier alpha value is -1.82. The molecule has 0 atom stereocenters. The molecule has 0 spiro atoms. The van der Waals surface area contributed by atoms with Gasteiger partial charge in [0.2, 0.25) is 0 Å². The molecule has 0 fully saturated rings. The molecular formula is C13H15FN2O2S. The molecule has 0 amide bonds. The van der Waals surface area contributed by atoms with Crippen LogP contribution in [0.1, 0.15) is 10.6 Å². The van der Waals surface area contributed by atoms with Crippen LogP contribution in [-0.4, -0.2) is 19.2 Å². The lowest BCUT2D eigenvalue weighted by atomic mass is 10.2. The Morgan fingerprint density at radius 1 is 1.26 bits per heavy atom. The van der Waals surface area contributed by atoms with E-state index >= 15 is 0 Å². The summed E-state index contributed by atoms with van der Waals surface area (Å²) in [5.74, 6) is 0.492. The fourth-order valence-corrected chi connectivity index (χ4v) is 2.38. The van der Waals surface area contributed by atoms with E-state index in [0.717, 1.165) is 10.6 Å². The molecule has 0 radical (unpaired) electrons. The molecule has 1 N–H and O–H groups in total. The number of aryl methyl sites for hydroxylation is 1. The van der Waals surface area contributed by atoms with Crippen LogP contribution in [0.5, 0.6) is 11.5 Å². The van der Waals surface area contributed by atoms with Gasteiger partial charge in [0.25, 0.3) is 0 Å². The molecule has 0 aliphatic heterocycles. The van der Waals surface area contributed by atoms with Gasteiger partial charge in [0.05, 0.1) is 37.7 Å². The minimum absolute atomic E-state index is 0.375. The van der Waals surface area contributed by atoms with Gasteiger partial charge in [-0.25, -0.2) is 9.37 Å². The van der Waals surface area contributed by atoms with Crippen molar-refractivity contribution in [1.82, 2.24) is 4.98 Å². The molecule has 1 aromatic heterocycles. The van der Waals surface area contributed by atoms with Crippen molar-refractivity contribution in [3.63, 3.8) is 0 Å². The summed E-state index contributed by atoms with van der Waals surface area (Å²) in [5.41, 5.74) is 3.11. The van der Waals surface area contributed by atoms with Gasteiger partial charge in [-0.1, -0.05) is 0 Å². The maximum absolute atomic E-state index is 13.9. The summed E-state index contributed by atoms with van der Waals surface area (Å²) < 4.78 is 24.1. The predicted molar refractivity (Wildman–Crippen MR) is 73.7 cm³/mol. The normalized spacial score (nSPS) is 10.3. The van der Waals surface area contributed by atoms with Crippen LogP contribution in [0.3, 0.4) is 0 Å². The maximum atomic E-state index is 13.9. The summed E-state index contributed by atoms with van der Waals surface area (Å²) in [7, 11) is 3.00. The van der Waals surface area contributed by atoms with Crippen LogP contribution in [0.4, 0.5) is 10.1 Å². The molecule has 0 saturated heterocycles. The van der Waals surface area contributed by atoms with Gasteiger partial charge in [0.1, 0.15) is 5.82 Å². The number of methoxy groups -OCH3 is 2. The number of thiazole rings is 1.